The van der Waals surface area contributed by atoms with Gasteiger partial charge in [-0.3, -0.25) is 9.69 Å². The number of nitrogens with zero attached hydrogens (tertiary/aromatic N) is 2. The predicted molar refractivity (Wildman–Crippen MR) is 87.5 cm³/mol. The molecule has 1 aliphatic carbocycles. The molecular formula is C18H32N2O2. The Hall–Kier alpha value is -0.610. The molecule has 1 N–H and O–H groups in total. The minimum absolute atomic E-state index is 0.299. The first kappa shape index (κ1) is 16.3. The molecule has 0 radical (unpaired) electrons. The molecule has 1 saturated carbocycles. The van der Waals surface area contributed by atoms with Gasteiger partial charge in [-0.25, -0.2) is 0 Å². The summed E-state index contributed by atoms with van der Waals surface area (Å²) in [5, 5.41) is 10.9. The lowest BCUT2D eigenvalue weighted by Gasteiger charge is -2.40. The van der Waals surface area contributed by atoms with Crippen molar-refractivity contribution in [2.24, 2.45) is 17.8 Å². The Morgan fingerprint density at radius 2 is 1.82 bits per heavy atom. The second-order valence-electron chi connectivity index (χ2n) is 8.16. The molecule has 4 heteroatoms. The van der Waals surface area contributed by atoms with Gasteiger partial charge < -0.3 is 10.0 Å². The van der Waals surface area contributed by atoms with E-state index in [4.69, 9.17) is 0 Å². The molecule has 0 unspecified atom stereocenters. The highest BCUT2D eigenvalue weighted by atomic mass is 16.3. The predicted octanol–water partition coefficient (Wildman–Crippen LogP) is 2.12. The van der Waals surface area contributed by atoms with Crippen LogP contribution in [-0.4, -0.2) is 58.6 Å². The Labute approximate surface area is 134 Å². The van der Waals surface area contributed by atoms with Crippen LogP contribution < -0.4 is 0 Å². The topological polar surface area (TPSA) is 43.8 Å². The van der Waals surface area contributed by atoms with Crippen LogP contribution >= 0.6 is 0 Å². The molecule has 2 saturated heterocycles. The zero-order chi connectivity index (χ0) is 15.9. The summed E-state index contributed by atoms with van der Waals surface area (Å²) >= 11 is 0. The van der Waals surface area contributed by atoms with Gasteiger partial charge >= 0.3 is 0 Å². The van der Waals surface area contributed by atoms with Crippen molar-refractivity contribution in [3.63, 3.8) is 0 Å². The third kappa shape index (κ3) is 2.80. The fourth-order valence-electron chi connectivity index (χ4n) is 4.45. The second kappa shape index (κ2) is 6.12. The van der Waals surface area contributed by atoms with Crippen LogP contribution in [0.3, 0.4) is 0 Å². The van der Waals surface area contributed by atoms with E-state index in [0.29, 0.717) is 29.7 Å². The number of likely N-dealkylation sites (tertiary alicyclic amines) is 2. The molecular weight excluding hydrogens is 276 g/mol. The Morgan fingerprint density at radius 3 is 2.27 bits per heavy atom. The molecule has 4 nitrogen and oxygen atoms in total. The van der Waals surface area contributed by atoms with Gasteiger partial charge in [0, 0.05) is 38.1 Å². The lowest BCUT2D eigenvalue weighted by atomic mass is 9.82. The van der Waals surface area contributed by atoms with Gasteiger partial charge in [-0.05, 0) is 37.5 Å². The average Bonchev–Trinajstić information content (AvgIpc) is 2.74. The van der Waals surface area contributed by atoms with Gasteiger partial charge in [0.25, 0.3) is 0 Å². The largest absolute Gasteiger partial charge is 0.388 e. The monoisotopic (exact) mass is 308 g/mol. The zero-order valence-electron chi connectivity index (χ0n) is 14.4. The van der Waals surface area contributed by atoms with E-state index in [0.717, 1.165) is 51.9 Å². The summed E-state index contributed by atoms with van der Waals surface area (Å²) in [6.07, 6.45) is 5.57. The van der Waals surface area contributed by atoms with Crippen molar-refractivity contribution in [2.45, 2.75) is 64.5 Å². The fourth-order valence-corrected chi connectivity index (χ4v) is 4.45. The van der Waals surface area contributed by atoms with Crippen molar-refractivity contribution in [1.82, 2.24) is 9.80 Å². The van der Waals surface area contributed by atoms with E-state index >= 15 is 0 Å². The third-order valence-corrected chi connectivity index (χ3v) is 6.56. The molecule has 0 aromatic rings. The molecule has 22 heavy (non-hydrogen) atoms. The molecule has 0 aromatic heterocycles. The molecule has 126 valence electrons. The average molecular weight is 308 g/mol. The zero-order valence-corrected chi connectivity index (χ0v) is 14.4. The van der Waals surface area contributed by atoms with Crippen LogP contribution in [-0.2, 0) is 4.79 Å². The SMILES string of the molecule is CC(C)[C@@]1(O)CN(C2CCN(C(=O)C3CCC3)CC2)C[C@@H]1C. The summed E-state index contributed by atoms with van der Waals surface area (Å²) in [7, 11) is 0. The number of carbonyl (C=O) groups excluding carboxylic acids is 1. The van der Waals surface area contributed by atoms with Gasteiger partial charge in [0.2, 0.25) is 5.91 Å². The molecule has 3 aliphatic rings. The highest BCUT2D eigenvalue weighted by molar-refractivity contribution is 5.79. The van der Waals surface area contributed by atoms with Crippen molar-refractivity contribution in [2.75, 3.05) is 26.2 Å². The number of amides is 1. The number of piperidine rings is 1. The highest BCUT2D eigenvalue weighted by Gasteiger charge is 2.47. The maximum absolute atomic E-state index is 12.3. The molecule has 0 bridgehead atoms. The number of aliphatic hydroxyl groups is 1. The summed E-state index contributed by atoms with van der Waals surface area (Å²) in [5.41, 5.74) is -0.543. The van der Waals surface area contributed by atoms with E-state index in [9.17, 15) is 9.90 Å². The van der Waals surface area contributed by atoms with E-state index in [-0.39, 0.29) is 0 Å². The van der Waals surface area contributed by atoms with Gasteiger partial charge in [0.1, 0.15) is 0 Å². The normalized spacial score (nSPS) is 35.1. The second-order valence-corrected chi connectivity index (χ2v) is 8.16. The molecule has 3 fully saturated rings. The maximum atomic E-state index is 12.3. The Bertz CT molecular complexity index is 413. The van der Waals surface area contributed by atoms with Crippen LogP contribution in [0.25, 0.3) is 0 Å². The number of carbonyl (C=O) groups is 1. The maximum Gasteiger partial charge on any atom is 0.225 e. The first-order valence-corrected chi connectivity index (χ1v) is 9.17. The van der Waals surface area contributed by atoms with E-state index in [1.54, 1.807) is 0 Å². The van der Waals surface area contributed by atoms with E-state index in [1.165, 1.54) is 6.42 Å². The third-order valence-electron chi connectivity index (χ3n) is 6.56. The minimum Gasteiger partial charge on any atom is -0.388 e. The summed E-state index contributed by atoms with van der Waals surface area (Å²) in [5.74, 6) is 1.36. The van der Waals surface area contributed by atoms with Gasteiger partial charge in [0.05, 0.1) is 5.60 Å². The van der Waals surface area contributed by atoms with Crippen LogP contribution in [0.15, 0.2) is 0 Å². The van der Waals surface area contributed by atoms with Crippen LogP contribution in [0.4, 0.5) is 0 Å². The number of hydrogen-bond acceptors (Lipinski definition) is 3. The fraction of sp³-hybridized carbons (Fsp3) is 0.944. The summed E-state index contributed by atoms with van der Waals surface area (Å²) in [6, 6.07) is 0.542. The molecule has 2 heterocycles. The van der Waals surface area contributed by atoms with Gasteiger partial charge in [-0.15, -0.1) is 0 Å². The van der Waals surface area contributed by atoms with Crippen LogP contribution in [0, 0.1) is 17.8 Å². The summed E-state index contributed by atoms with van der Waals surface area (Å²) < 4.78 is 0. The smallest absolute Gasteiger partial charge is 0.225 e. The van der Waals surface area contributed by atoms with Crippen LogP contribution in [0.5, 0.6) is 0 Å². The van der Waals surface area contributed by atoms with Gasteiger partial charge in [-0.1, -0.05) is 27.2 Å². The van der Waals surface area contributed by atoms with Crippen LogP contribution in [0.1, 0.15) is 52.9 Å². The Morgan fingerprint density at radius 1 is 1.18 bits per heavy atom. The number of rotatable bonds is 3. The van der Waals surface area contributed by atoms with Crippen LogP contribution in [0.2, 0.25) is 0 Å². The lowest BCUT2D eigenvalue weighted by Crippen LogP contribution is -2.49. The standard InChI is InChI=1S/C18H32N2O2/c1-13(2)18(22)12-20(11-14(18)3)16-7-9-19(10-8-16)17(21)15-5-4-6-15/h13-16,22H,4-12H2,1-3H3/t14-,18-/m0/s1. The van der Waals surface area contributed by atoms with Crippen molar-refractivity contribution in [3.05, 3.63) is 0 Å². The highest BCUT2D eigenvalue weighted by Crippen LogP contribution is 2.37. The van der Waals surface area contributed by atoms with E-state index in [1.807, 2.05) is 0 Å². The number of hydrogen-bond donors (Lipinski definition) is 1. The molecule has 0 spiro atoms. The summed E-state index contributed by atoms with van der Waals surface area (Å²) in [4.78, 5) is 16.9. The number of β-amino-alcohol motifs (C(OH)–C–C–N with tert-alkyl or cyclic N) is 1. The minimum atomic E-state index is -0.543. The van der Waals surface area contributed by atoms with E-state index in [2.05, 4.69) is 30.6 Å². The first-order chi connectivity index (χ1) is 10.4. The molecule has 0 aromatic carbocycles. The lowest BCUT2D eigenvalue weighted by molar-refractivity contribution is -0.139. The van der Waals surface area contributed by atoms with Gasteiger partial charge in [-0.2, -0.15) is 0 Å². The van der Waals surface area contributed by atoms with Gasteiger partial charge in [0.15, 0.2) is 0 Å². The van der Waals surface area contributed by atoms with E-state index < -0.39 is 5.60 Å². The first-order valence-electron chi connectivity index (χ1n) is 9.17. The quantitative estimate of drug-likeness (QED) is 0.868. The molecule has 3 rings (SSSR count). The Kier molecular flexibility index (Phi) is 4.52. The van der Waals surface area contributed by atoms with Crippen molar-refractivity contribution < 1.29 is 9.90 Å². The molecule has 2 atom stereocenters. The van der Waals surface area contributed by atoms with Crippen molar-refractivity contribution >= 4 is 5.91 Å². The Balaban J connectivity index is 1.53. The van der Waals surface area contributed by atoms with Crippen molar-refractivity contribution in [3.8, 4) is 0 Å². The molecule has 1 amide bonds. The van der Waals surface area contributed by atoms with Crippen molar-refractivity contribution in [1.29, 1.82) is 0 Å². The molecule has 2 aliphatic heterocycles. The summed E-state index contributed by atoms with van der Waals surface area (Å²) in [6.45, 7) is 10.0.